The molecule has 0 bridgehead atoms. The van der Waals surface area contributed by atoms with Gasteiger partial charge in [0.25, 0.3) is 10.0 Å². The van der Waals surface area contributed by atoms with Crippen LogP contribution in [-0.2, 0) is 22.9 Å². The lowest BCUT2D eigenvalue weighted by molar-refractivity contribution is 0.0993. The highest BCUT2D eigenvalue weighted by molar-refractivity contribution is 7.92. The van der Waals surface area contributed by atoms with Crippen LogP contribution in [0, 0.1) is 5.82 Å². The van der Waals surface area contributed by atoms with Crippen LogP contribution >= 0.6 is 0 Å². The molecule has 148 valence electrons. The molecule has 4 rings (SSSR count). The number of pyridine rings is 1. The van der Waals surface area contributed by atoms with Gasteiger partial charge in [0.15, 0.2) is 5.78 Å². The molecule has 1 aliphatic heterocycles. The van der Waals surface area contributed by atoms with Crippen molar-refractivity contribution in [3.8, 4) is 0 Å². The van der Waals surface area contributed by atoms with Gasteiger partial charge in [0.2, 0.25) is 0 Å². The standard InChI is InChI=1S/C22H19FN2O3S/c23-19-5-7-20(8-6-19)29(27,28)25-13-1-2-17-4-3-16(14-21(17)25)15-22(26)18-9-11-24-12-10-18/h3-12,14H,1-2,13,15H2. The smallest absolute Gasteiger partial charge is 0.264 e. The molecule has 2 aromatic carbocycles. The average Bonchev–Trinajstić information content (AvgIpc) is 2.74. The van der Waals surface area contributed by atoms with Crippen molar-refractivity contribution in [2.75, 3.05) is 10.8 Å². The SMILES string of the molecule is O=C(Cc1ccc2c(c1)N(S(=O)(=O)c1ccc(F)cc1)CCC2)c1ccncc1. The highest BCUT2D eigenvalue weighted by Crippen LogP contribution is 2.33. The van der Waals surface area contributed by atoms with Crippen LogP contribution in [-0.4, -0.2) is 25.7 Å². The van der Waals surface area contributed by atoms with Gasteiger partial charge in [-0.05, 0) is 66.4 Å². The lowest BCUT2D eigenvalue weighted by Crippen LogP contribution is -2.35. The summed E-state index contributed by atoms with van der Waals surface area (Å²) < 4.78 is 40.9. The quantitative estimate of drug-likeness (QED) is 0.600. The van der Waals surface area contributed by atoms with E-state index in [1.807, 2.05) is 12.1 Å². The second kappa shape index (κ2) is 7.75. The van der Waals surface area contributed by atoms with Crippen molar-refractivity contribution in [3.05, 3.63) is 89.5 Å². The van der Waals surface area contributed by atoms with E-state index in [0.29, 0.717) is 24.2 Å². The Bertz CT molecular complexity index is 1150. The van der Waals surface area contributed by atoms with Gasteiger partial charge in [-0.15, -0.1) is 0 Å². The number of aryl methyl sites for hydroxylation is 1. The van der Waals surface area contributed by atoms with Crippen molar-refractivity contribution >= 4 is 21.5 Å². The summed E-state index contributed by atoms with van der Waals surface area (Å²) in [5.74, 6) is -0.545. The predicted octanol–water partition coefficient (Wildman–Crippen LogP) is 3.79. The molecule has 3 aromatic rings. The lowest BCUT2D eigenvalue weighted by Gasteiger charge is -2.31. The number of carbonyl (C=O) groups is 1. The highest BCUT2D eigenvalue weighted by Gasteiger charge is 2.29. The number of hydrogen-bond donors (Lipinski definition) is 0. The minimum absolute atomic E-state index is 0.0463. The Morgan fingerprint density at radius 3 is 2.48 bits per heavy atom. The molecular weight excluding hydrogens is 391 g/mol. The minimum atomic E-state index is -3.82. The molecule has 29 heavy (non-hydrogen) atoms. The van der Waals surface area contributed by atoms with E-state index in [1.54, 1.807) is 30.6 Å². The first-order chi connectivity index (χ1) is 13.9. The molecule has 7 heteroatoms. The number of anilines is 1. The summed E-state index contributed by atoms with van der Waals surface area (Å²) in [6, 6.07) is 13.7. The van der Waals surface area contributed by atoms with Crippen molar-refractivity contribution < 1.29 is 17.6 Å². The Labute approximate surface area is 168 Å². The van der Waals surface area contributed by atoms with E-state index in [4.69, 9.17) is 0 Å². The Hall–Kier alpha value is -3.06. The van der Waals surface area contributed by atoms with Crippen LogP contribution < -0.4 is 4.31 Å². The lowest BCUT2D eigenvalue weighted by atomic mass is 9.98. The number of ketones is 1. The normalized spacial score (nSPS) is 13.8. The van der Waals surface area contributed by atoms with Crippen LogP contribution in [0.25, 0.3) is 0 Å². The molecule has 1 aromatic heterocycles. The van der Waals surface area contributed by atoms with Gasteiger partial charge in [-0.25, -0.2) is 12.8 Å². The molecule has 5 nitrogen and oxygen atoms in total. The molecule has 2 heterocycles. The zero-order chi connectivity index (χ0) is 20.4. The maximum absolute atomic E-state index is 13.2. The number of carbonyl (C=O) groups excluding carboxylic acids is 1. The molecule has 0 saturated carbocycles. The van der Waals surface area contributed by atoms with E-state index in [-0.39, 0.29) is 17.1 Å². The van der Waals surface area contributed by atoms with Crippen molar-refractivity contribution in [3.63, 3.8) is 0 Å². The van der Waals surface area contributed by atoms with Crippen molar-refractivity contribution in [1.29, 1.82) is 0 Å². The van der Waals surface area contributed by atoms with E-state index in [0.717, 1.165) is 29.7 Å². The molecule has 0 amide bonds. The summed E-state index contributed by atoms with van der Waals surface area (Å²) in [6.45, 7) is 0.342. The van der Waals surface area contributed by atoms with Gasteiger partial charge in [-0.2, -0.15) is 0 Å². The van der Waals surface area contributed by atoms with Gasteiger partial charge in [0.1, 0.15) is 5.82 Å². The second-order valence-electron chi connectivity index (χ2n) is 6.93. The number of nitrogens with zero attached hydrogens (tertiary/aromatic N) is 2. The number of rotatable bonds is 5. The highest BCUT2D eigenvalue weighted by atomic mass is 32.2. The fourth-order valence-electron chi connectivity index (χ4n) is 3.51. The Morgan fingerprint density at radius 1 is 1.03 bits per heavy atom. The number of halogens is 1. The summed E-state index contributed by atoms with van der Waals surface area (Å²) >= 11 is 0. The van der Waals surface area contributed by atoms with Gasteiger partial charge in [-0.1, -0.05) is 12.1 Å². The Kier molecular flexibility index (Phi) is 5.15. The van der Waals surface area contributed by atoms with E-state index < -0.39 is 15.8 Å². The summed E-state index contributed by atoms with van der Waals surface area (Å²) in [5.41, 5.74) is 2.81. The first-order valence-electron chi connectivity index (χ1n) is 9.28. The first kappa shape index (κ1) is 19.3. The topological polar surface area (TPSA) is 67.3 Å². The monoisotopic (exact) mass is 410 g/mol. The number of sulfonamides is 1. The third-order valence-corrected chi connectivity index (χ3v) is 6.82. The third-order valence-electron chi connectivity index (χ3n) is 4.99. The Morgan fingerprint density at radius 2 is 1.76 bits per heavy atom. The largest absolute Gasteiger partial charge is 0.294 e. The van der Waals surface area contributed by atoms with E-state index in [2.05, 4.69) is 4.98 Å². The zero-order valence-corrected chi connectivity index (χ0v) is 16.4. The molecule has 0 radical (unpaired) electrons. The van der Waals surface area contributed by atoms with Gasteiger partial charge in [0, 0.05) is 30.9 Å². The number of aromatic nitrogens is 1. The summed E-state index contributed by atoms with van der Waals surface area (Å²) in [6.07, 6.45) is 4.77. The molecular formula is C22H19FN2O3S. The van der Waals surface area contributed by atoms with Gasteiger partial charge in [-0.3, -0.25) is 14.1 Å². The maximum Gasteiger partial charge on any atom is 0.264 e. The average molecular weight is 410 g/mol. The molecule has 0 fully saturated rings. The van der Waals surface area contributed by atoms with Crippen molar-refractivity contribution in [2.45, 2.75) is 24.2 Å². The van der Waals surface area contributed by atoms with E-state index in [9.17, 15) is 17.6 Å². The number of Topliss-reactive ketones (excluding diaryl/α,β-unsaturated/α-hetero) is 1. The number of fused-ring (bicyclic) bond motifs is 1. The second-order valence-corrected chi connectivity index (χ2v) is 8.80. The van der Waals surface area contributed by atoms with Crippen LogP contribution in [0.2, 0.25) is 0 Å². The summed E-state index contributed by atoms with van der Waals surface area (Å²) in [5, 5.41) is 0. The maximum atomic E-state index is 13.2. The molecule has 0 spiro atoms. The van der Waals surface area contributed by atoms with Crippen LogP contribution in [0.1, 0.15) is 27.9 Å². The third kappa shape index (κ3) is 3.91. The molecule has 0 atom stereocenters. The van der Waals surface area contributed by atoms with Crippen LogP contribution in [0.15, 0.2) is 71.9 Å². The summed E-state index contributed by atoms with van der Waals surface area (Å²) in [4.78, 5) is 16.5. The van der Waals surface area contributed by atoms with Crippen LogP contribution in [0.5, 0.6) is 0 Å². The van der Waals surface area contributed by atoms with Crippen molar-refractivity contribution in [2.24, 2.45) is 0 Å². The van der Waals surface area contributed by atoms with Crippen molar-refractivity contribution in [1.82, 2.24) is 4.98 Å². The Balaban J connectivity index is 1.67. The predicted molar refractivity (Wildman–Crippen MR) is 108 cm³/mol. The van der Waals surface area contributed by atoms with Gasteiger partial charge >= 0.3 is 0 Å². The fraction of sp³-hybridized carbons (Fsp3) is 0.182. The molecule has 0 unspecified atom stereocenters. The van der Waals surface area contributed by atoms with E-state index >= 15 is 0 Å². The van der Waals surface area contributed by atoms with Gasteiger partial charge in [0.05, 0.1) is 10.6 Å². The van der Waals surface area contributed by atoms with Crippen LogP contribution in [0.4, 0.5) is 10.1 Å². The van der Waals surface area contributed by atoms with E-state index in [1.165, 1.54) is 16.4 Å². The summed E-state index contributed by atoms with van der Waals surface area (Å²) in [7, 11) is -3.82. The minimum Gasteiger partial charge on any atom is -0.294 e. The molecule has 0 N–H and O–H groups in total. The number of hydrogen-bond acceptors (Lipinski definition) is 4. The van der Waals surface area contributed by atoms with Crippen LogP contribution in [0.3, 0.4) is 0 Å². The fourth-order valence-corrected chi connectivity index (χ4v) is 5.04. The number of benzene rings is 2. The first-order valence-corrected chi connectivity index (χ1v) is 10.7. The zero-order valence-electron chi connectivity index (χ0n) is 15.6. The molecule has 1 aliphatic rings. The molecule has 0 saturated heterocycles. The van der Waals surface area contributed by atoms with Gasteiger partial charge < -0.3 is 0 Å². The molecule has 0 aliphatic carbocycles.